The predicted octanol–water partition coefficient (Wildman–Crippen LogP) is 2.12. The monoisotopic (exact) mass is 644 g/mol. The van der Waals surface area contributed by atoms with Gasteiger partial charge in [0.25, 0.3) is 0 Å². The lowest BCUT2D eigenvalue weighted by atomic mass is 9.91. The molecule has 3 aliphatic heterocycles. The van der Waals surface area contributed by atoms with Crippen LogP contribution in [-0.4, -0.2) is 73.6 Å². The van der Waals surface area contributed by atoms with E-state index < -0.39 is 68.4 Å². The van der Waals surface area contributed by atoms with E-state index in [0.29, 0.717) is 37.0 Å². The number of anilines is 3. The molecule has 2 aromatic rings. The highest BCUT2D eigenvalue weighted by Gasteiger charge is 2.84. The third kappa shape index (κ3) is 4.71. The summed E-state index contributed by atoms with van der Waals surface area (Å²) in [5.74, 6) is -5.27. The first kappa shape index (κ1) is 29.6. The number of carboxylic acid groups (broad SMARTS) is 1. The second-order valence-electron chi connectivity index (χ2n) is 10.7. The molecule has 230 valence electrons. The van der Waals surface area contributed by atoms with Crippen LogP contribution in [0.25, 0.3) is 0 Å². The van der Waals surface area contributed by atoms with Crippen LogP contribution in [0.1, 0.15) is 22.8 Å². The number of nitrogens with one attached hydrogen (secondary N) is 1. The normalized spacial score (nSPS) is 30.9. The Kier molecular flexibility index (Phi) is 6.73. The number of hydrogen-bond donors (Lipinski definition) is 5. The molecule has 0 spiro atoms. The summed E-state index contributed by atoms with van der Waals surface area (Å²) >= 11 is 0. The Bertz CT molecular complexity index is 1680. The number of aryl methyl sites for hydroxylation is 1. The first-order valence-electron chi connectivity index (χ1n) is 13.0. The molecule has 4 aliphatic rings. The van der Waals surface area contributed by atoms with Crippen LogP contribution in [0.3, 0.4) is 0 Å². The highest BCUT2D eigenvalue weighted by atomic mass is 31.3. The Morgan fingerprint density at radius 1 is 1.21 bits per heavy atom. The van der Waals surface area contributed by atoms with Crippen molar-refractivity contribution in [2.45, 2.75) is 24.7 Å². The van der Waals surface area contributed by atoms with E-state index in [2.05, 4.69) is 19.6 Å². The van der Waals surface area contributed by atoms with Crippen LogP contribution < -0.4 is 15.1 Å². The average Bonchev–Trinajstić information content (AvgIpc) is 3.63. The Labute approximate surface area is 241 Å². The molecule has 1 aliphatic carbocycles. The Morgan fingerprint density at radius 2 is 1.86 bits per heavy atom. The van der Waals surface area contributed by atoms with Gasteiger partial charge in [0.1, 0.15) is 29.2 Å². The molecule has 6 rings (SSSR count). The van der Waals surface area contributed by atoms with E-state index in [1.807, 2.05) is 4.90 Å². The molecule has 3 fully saturated rings. The highest BCUT2D eigenvalue weighted by molar-refractivity contribution is 7.77. The fraction of sp³-hybridized carbons (Fsp3) is 0.417. The smallest absolute Gasteiger partial charge is 0.428 e. The van der Waals surface area contributed by atoms with Gasteiger partial charge < -0.3 is 39.6 Å². The number of halogens is 2. The van der Waals surface area contributed by atoms with Crippen molar-refractivity contribution in [2.75, 3.05) is 29.4 Å². The fourth-order valence-electron chi connectivity index (χ4n) is 5.79. The van der Waals surface area contributed by atoms with Crippen molar-refractivity contribution < 1.29 is 61.3 Å². The number of amides is 1. The number of hydrogen-bond acceptors (Lipinski definition) is 10. The molecule has 3 unspecified atom stereocenters. The largest absolute Gasteiger partial charge is 0.481 e. The number of ether oxygens (including phenoxy) is 1. The van der Waals surface area contributed by atoms with Crippen LogP contribution >= 0.6 is 15.2 Å². The van der Waals surface area contributed by atoms with Crippen LogP contribution in [0, 0.1) is 29.4 Å². The average molecular weight is 644 g/mol. The van der Waals surface area contributed by atoms with Crippen molar-refractivity contribution in [1.82, 2.24) is 10.3 Å². The molecular formula is C24H24F2N4O11P2. The van der Waals surface area contributed by atoms with Gasteiger partial charge in [0.05, 0.1) is 11.3 Å². The Hall–Kier alpha value is -3.46. The van der Waals surface area contributed by atoms with Gasteiger partial charge in [-0.15, -0.1) is 0 Å². The number of pyridine rings is 1. The predicted molar refractivity (Wildman–Crippen MR) is 141 cm³/mol. The SMILES string of the molecule is CCc1cc2c(nc1N1C[C@@H]3[C@H](C1)[C@H]3NC(=O)OC1(P(=O)(O)O)OP1(=O)O)N(c1ccc(F)cc1F)CC(C(=O)O)C2=O. The van der Waals surface area contributed by atoms with E-state index in [-0.39, 0.29) is 28.9 Å². The maximum absolute atomic E-state index is 14.8. The summed E-state index contributed by atoms with van der Waals surface area (Å²) in [6.07, 6.45) is -0.942. The third-order valence-electron chi connectivity index (χ3n) is 8.08. The first-order chi connectivity index (χ1) is 20.1. The summed E-state index contributed by atoms with van der Waals surface area (Å²) in [5, 5.41) is 8.88. The topological polar surface area (TPSA) is 219 Å². The van der Waals surface area contributed by atoms with Gasteiger partial charge in [-0.05, 0) is 30.2 Å². The van der Waals surface area contributed by atoms with E-state index >= 15 is 0 Å². The highest BCUT2D eigenvalue weighted by Crippen LogP contribution is 2.88. The van der Waals surface area contributed by atoms with Gasteiger partial charge in [0.15, 0.2) is 5.78 Å². The fourth-order valence-corrected chi connectivity index (χ4v) is 8.80. The van der Waals surface area contributed by atoms with Crippen molar-refractivity contribution in [3.63, 3.8) is 0 Å². The zero-order valence-electron chi connectivity index (χ0n) is 22.1. The molecule has 4 heterocycles. The summed E-state index contributed by atoms with van der Waals surface area (Å²) in [7, 11) is -10.3. The molecule has 15 nitrogen and oxygen atoms in total. The summed E-state index contributed by atoms with van der Waals surface area (Å²) in [6.45, 7) is 2.05. The quantitative estimate of drug-likeness (QED) is 0.166. The van der Waals surface area contributed by atoms with Crippen LogP contribution in [0.15, 0.2) is 24.3 Å². The summed E-state index contributed by atoms with van der Waals surface area (Å²) in [5.41, 5.74) is 0.435. The molecule has 1 aromatic carbocycles. The number of rotatable bonds is 7. The van der Waals surface area contributed by atoms with Gasteiger partial charge in [0.2, 0.25) is 0 Å². The number of piperidine rings is 1. The number of carbonyl (C=O) groups is 3. The molecule has 1 aromatic heterocycles. The zero-order chi connectivity index (χ0) is 31.2. The van der Waals surface area contributed by atoms with Gasteiger partial charge in [-0.25, -0.2) is 23.1 Å². The van der Waals surface area contributed by atoms with E-state index in [1.165, 1.54) is 11.0 Å². The molecular weight excluding hydrogens is 620 g/mol. The van der Waals surface area contributed by atoms with Crippen molar-refractivity contribution in [3.05, 3.63) is 47.0 Å². The minimum absolute atomic E-state index is 0.0136. The van der Waals surface area contributed by atoms with Crippen LogP contribution in [0.4, 0.5) is 30.9 Å². The molecule has 43 heavy (non-hydrogen) atoms. The number of carboxylic acids is 1. The Morgan fingerprint density at radius 3 is 2.40 bits per heavy atom. The number of nitrogens with zero attached hydrogens (tertiary/aromatic N) is 3. The molecule has 1 saturated carbocycles. The first-order valence-corrected chi connectivity index (χ1v) is 16.1. The second kappa shape index (κ2) is 9.78. The summed E-state index contributed by atoms with van der Waals surface area (Å²) < 4.78 is 60.5. The molecule has 19 heteroatoms. The van der Waals surface area contributed by atoms with Gasteiger partial charge in [-0.1, -0.05) is 6.92 Å². The van der Waals surface area contributed by atoms with E-state index in [0.717, 1.165) is 12.1 Å². The van der Waals surface area contributed by atoms with Gasteiger partial charge in [0, 0.05) is 43.6 Å². The van der Waals surface area contributed by atoms with Crippen molar-refractivity contribution >= 4 is 50.4 Å². The summed E-state index contributed by atoms with van der Waals surface area (Å²) in [6, 6.07) is 3.82. The van der Waals surface area contributed by atoms with Crippen molar-refractivity contribution in [3.8, 4) is 0 Å². The standard InChI is InChI=1S/C24H24F2N4O11P2/c1-2-10-5-12-19(31)15(22(32)33)9-30(17-4-3-11(25)6-16(17)26)21(12)28-20(10)29-7-13-14(8-29)18(13)27-23(34)40-24(42(35,36)37)41-43(24,38)39/h3-6,13-15,18H,2,7-9H2,1H3,(H,27,34)(H,32,33)(H,38,39)(H2,35,36,37)/t13-,14+,15?,18+,24?. The Balaban J connectivity index is 1.23. The second-order valence-corrected chi connectivity index (χ2v) is 14.5. The number of alkyl carbamates (subject to hydrolysis) is 1. The number of aliphatic carboxylic acids is 1. The lowest BCUT2D eigenvalue weighted by Gasteiger charge is -2.34. The molecule has 0 bridgehead atoms. The zero-order valence-corrected chi connectivity index (χ0v) is 23.9. The molecule has 1 amide bonds. The number of carbonyl (C=O) groups excluding carboxylic acids is 2. The molecule has 6 atom stereocenters. The molecule has 0 radical (unpaired) electrons. The van der Waals surface area contributed by atoms with E-state index in [1.54, 1.807) is 6.92 Å². The third-order valence-corrected chi connectivity index (χ3v) is 11.9. The number of benzene rings is 1. The minimum Gasteiger partial charge on any atom is -0.481 e. The lowest BCUT2D eigenvalue weighted by Crippen LogP contribution is -2.42. The van der Waals surface area contributed by atoms with Gasteiger partial charge in [-0.3, -0.25) is 18.7 Å². The van der Waals surface area contributed by atoms with Gasteiger partial charge in [-0.2, -0.15) is 0 Å². The van der Waals surface area contributed by atoms with Crippen molar-refractivity contribution in [1.29, 1.82) is 0 Å². The number of aromatic nitrogens is 1. The molecule has 2 saturated heterocycles. The number of ketones is 1. The van der Waals surface area contributed by atoms with E-state index in [9.17, 15) is 52.1 Å². The number of Topliss-reactive ketones (excluding diaryl/α,β-unsaturated/α-hetero) is 1. The van der Waals surface area contributed by atoms with Crippen LogP contribution in [0.5, 0.6) is 0 Å². The van der Waals surface area contributed by atoms with E-state index in [4.69, 9.17) is 0 Å². The molecule has 5 N–H and O–H groups in total. The number of fused-ring (bicyclic) bond motifs is 2. The maximum atomic E-state index is 14.8. The summed E-state index contributed by atoms with van der Waals surface area (Å²) in [4.78, 5) is 73.2. The van der Waals surface area contributed by atoms with Gasteiger partial charge >= 0.3 is 32.5 Å². The van der Waals surface area contributed by atoms with Crippen LogP contribution in [0.2, 0.25) is 0 Å². The van der Waals surface area contributed by atoms with Crippen LogP contribution in [-0.2, 0) is 29.6 Å². The van der Waals surface area contributed by atoms with Crippen molar-refractivity contribution in [2.24, 2.45) is 17.8 Å². The lowest BCUT2D eigenvalue weighted by molar-refractivity contribution is -0.139. The minimum atomic E-state index is -5.43. The maximum Gasteiger partial charge on any atom is 0.428 e.